The molecule has 1 saturated heterocycles. The number of carbonyl (C=O) groups is 1. The van der Waals surface area contributed by atoms with Gasteiger partial charge in [-0.05, 0) is 43.5 Å². The van der Waals surface area contributed by atoms with Crippen LogP contribution >= 0.6 is 0 Å². The van der Waals surface area contributed by atoms with Gasteiger partial charge in [0.25, 0.3) is 0 Å². The number of ether oxygens (including phenoxy) is 1. The van der Waals surface area contributed by atoms with E-state index in [0.29, 0.717) is 31.1 Å². The van der Waals surface area contributed by atoms with Crippen molar-refractivity contribution < 1.29 is 17.9 Å². The van der Waals surface area contributed by atoms with Gasteiger partial charge < -0.3 is 14.6 Å². The molecule has 0 unspecified atom stereocenters. The minimum Gasteiger partial charge on any atom is -0.385 e. The lowest BCUT2D eigenvalue weighted by molar-refractivity contribution is -0.121. The summed E-state index contributed by atoms with van der Waals surface area (Å²) in [5, 5.41) is 3.68. The molecule has 0 saturated carbocycles. The number of sulfonamides is 1. The SMILES string of the molecule is COCCCNC(=O)Cn1ccc2cc(S(=O)(=O)N3CCCCCC3)ccc21. The normalized spacial score (nSPS) is 16.2. The van der Waals surface area contributed by atoms with Crippen molar-refractivity contribution in [2.75, 3.05) is 33.4 Å². The number of rotatable bonds is 8. The van der Waals surface area contributed by atoms with Gasteiger partial charge in [0.15, 0.2) is 0 Å². The Morgan fingerprint density at radius 1 is 1.14 bits per heavy atom. The van der Waals surface area contributed by atoms with Gasteiger partial charge in [0.1, 0.15) is 6.54 Å². The Labute approximate surface area is 166 Å². The highest BCUT2D eigenvalue weighted by atomic mass is 32.2. The van der Waals surface area contributed by atoms with Crippen LogP contribution in [-0.2, 0) is 26.1 Å². The second-order valence-electron chi connectivity index (χ2n) is 7.18. The fourth-order valence-electron chi connectivity index (χ4n) is 3.56. The lowest BCUT2D eigenvalue weighted by Gasteiger charge is -2.20. The third-order valence-electron chi connectivity index (χ3n) is 5.11. The van der Waals surface area contributed by atoms with E-state index in [-0.39, 0.29) is 12.5 Å². The molecular formula is C20H29N3O4S. The second kappa shape index (κ2) is 9.54. The van der Waals surface area contributed by atoms with Gasteiger partial charge in [-0.25, -0.2) is 8.42 Å². The second-order valence-corrected chi connectivity index (χ2v) is 9.12. The molecule has 1 fully saturated rings. The van der Waals surface area contributed by atoms with Gasteiger partial charge in [-0.1, -0.05) is 12.8 Å². The molecule has 1 aromatic carbocycles. The van der Waals surface area contributed by atoms with E-state index in [1.54, 1.807) is 29.6 Å². The Kier molecular flexibility index (Phi) is 7.09. The molecule has 1 aliphatic rings. The van der Waals surface area contributed by atoms with Crippen LogP contribution in [0, 0.1) is 0 Å². The zero-order chi connectivity index (χ0) is 20.0. The van der Waals surface area contributed by atoms with Crippen LogP contribution in [0.2, 0.25) is 0 Å². The van der Waals surface area contributed by atoms with E-state index in [2.05, 4.69) is 5.32 Å². The van der Waals surface area contributed by atoms with Crippen molar-refractivity contribution >= 4 is 26.8 Å². The molecule has 1 N–H and O–H groups in total. The third kappa shape index (κ3) is 4.92. The molecule has 0 aliphatic carbocycles. The van der Waals surface area contributed by atoms with Crippen molar-refractivity contribution in [3.05, 3.63) is 30.5 Å². The molecule has 8 heteroatoms. The lowest BCUT2D eigenvalue weighted by Crippen LogP contribution is -2.31. The van der Waals surface area contributed by atoms with E-state index in [0.717, 1.165) is 43.0 Å². The van der Waals surface area contributed by atoms with Crippen LogP contribution in [0.25, 0.3) is 10.9 Å². The van der Waals surface area contributed by atoms with E-state index in [1.807, 2.05) is 16.8 Å². The summed E-state index contributed by atoms with van der Waals surface area (Å²) >= 11 is 0. The first-order chi connectivity index (χ1) is 13.5. The third-order valence-corrected chi connectivity index (χ3v) is 7.00. The largest absolute Gasteiger partial charge is 0.385 e. The molecule has 0 spiro atoms. The van der Waals surface area contributed by atoms with Crippen LogP contribution in [0.4, 0.5) is 0 Å². The molecule has 1 aliphatic heterocycles. The molecular weight excluding hydrogens is 378 g/mol. The van der Waals surface area contributed by atoms with Crippen LogP contribution in [-0.4, -0.2) is 56.5 Å². The Morgan fingerprint density at radius 3 is 2.61 bits per heavy atom. The summed E-state index contributed by atoms with van der Waals surface area (Å²) in [6.07, 6.45) is 6.59. The Balaban J connectivity index is 1.72. The lowest BCUT2D eigenvalue weighted by atomic mass is 10.2. The number of aromatic nitrogens is 1. The fraction of sp³-hybridized carbons (Fsp3) is 0.550. The highest BCUT2D eigenvalue weighted by Gasteiger charge is 2.25. The molecule has 0 bridgehead atoms. The van der Waals surface area contributed by atoms with Crippen molar-refractivity contribution in [1.82, 2.24) is 14.2 Å². The van der Waals surface area contributed by atoms with Crippen LogP contribution in [0.15, 0.2) is 35.4 Å². The number of nitrogens with zero attached hydrogens (tertiary/aromatic N) is 2. The van der Waals surface area contributed by atoms with Crippen molar-refractivity contribution in [2.24, 2.45) is 0 Å². The predicted molar refractivity (Wildman–Crippen MR) is 109 cm³/mol. The monoisotopic (exact) mass is 407 g/mol. The van der Waals surface area contributed by atoms with Crippen LogP contribution in [0.1, 0.15) is 32.1 Å². The first-order valence-electron chi connectivity index (χ1n) is 9.87. The number of carbonyl (C=O) groups excluding carboxylic acids is 1. The Morgan fingerprint density at radius 2 is 1.89 bits per heavy atom. The first kappa shape index (κ1) is 20.8. The molecule has 0 atom stereocenters. The van der Waals surface area contributed by atoms with E-state index in [4.69, 9.17) is 4.74 Å². The zero-order valence-corrected chi connectivity index (χ0v) is 17.2. The fourth-order valence-corrected chi connectivity index (χ4v) is 5.12. The van der Waals surface area contributed by atoms with E-state index in [1.165, 1.54) is 0 Å². The molecule has 28 heavy (non-hydrogen) atoms. The highest BCUT2D eigenvalue weighted by Crippen LogP contribution is 2.24. The summed E-state index contributed by atoms with van der Waals surface area (Å²) in [7, 11) is -1.84. The number of amides is 1. The van der Waals surface area contributed by atoms with E-state index >= 15 is 0 Å². The van der Waals surface area contributed by atoms with Crippen molar-refractivity contribution in [3.8, 4) is 0 Å². The maximum Gasteiger partial charge on any atom is 0.243 e. The molecule has 2 aromatic rings. The Bertz CT molecular complexity index is 899. The van der Waals surface area contributed by atoms with Crippen molar-refractivity contribution in [1.29, 1.82) is 0 Å². The Hall–Kier alpha value is -1.90. The smallest absolute Gasteiger partial charge is 0.243 e. The van der Waals surface area contributed by atoms with Gasteiger partial charge in [0.05, 0.1) is 4.90 Å². The van der Waals surface area contributed by atoms with Crippen molar-refractivity contribution in [2.45, 2.75) is 43.5 Å². The summed E-state index contributed by atoms with van der Waals surface area (Å²) in [5.41, 5.74) is 0.849. The van der Waals surface area contributed by atoms with Crippen LogP contribution in [0.3, 0.4) is 0 Å². The summed E-state index contributed by atoms with van der Waals surface area (Å²) in [6.45, 7) is 2.56. The maximum absolute atomic E-state index is 13.0. The number of nitrogens with one attached hydrogen (secondary N) is 1. The maximum atomic E-state index is 13.0. The molecule has 1 amide bonds. The summed E-state index contributed by atoms with van der Waals surface area (Å²) in [4.78, 5) is 12.4. The van der Waals surface area contributed by atoms with Gasteiger partial charge in [0, 0.05) is 50.5 Å². The summed E-state index contributed by atoms with van der Waals surface area (Å²) in [6, 6.07) is 7.01. The number of methoxy groups -OCH3 is 1. The molecule has 1 aromatic heterocycles. The summed E-state index contributed by atoms with van der Waals surface area (Å²) < 4.78 is 34.4. The van der Waals surface area contributed by atoms with Crippen molar-refractivity contribution in [3.63, 3.8) is 0 Å². The zero-order valence-electron chi connectivity index (χ0n) is 16.4. The topological polar surface area (TPSA) is 80.6 Å². The number of hydrogen-bond acceptors (Lipinski definition) is 4. The average molecular weight is 408 g/mol. The predicted octanol–water partition coefficient (Wildman–Crippen LogP) is 2.36. The molecule has 7 nitrogen and oxygen atoms in total. The van der Waals surface area contributed by atoms with Gasteiger partial charge in [0.2, 0.25) is 15.9 Å². The number of benzene rings is 1. The van der Waals surface area contributed by atoms with Gasteiger partial charge in [-0.2, -0.15) is 4.31 Å². The molecule has 2 heterocycles. The minimum absolute atomic E-state index is 0.0742. The number of hydrogen-bond donors (Lipinski definition) is 1. The van der Waals surface area contributed by atoms with Crippen LogP contribution in [0.5, 0.6) is 0 Å². The first-order valence-corrected chi connectivity index (χ1v) is 11.3. The van der Waals surface area contributed by atoms with Gasteiger partial charge >= 0.3 is 0 Å². The standard InChI is InChI=1S/C20H29N3O4S/c1-27-14-6-10-21-20(24)16-22-13-9-17-15-18(7-8-19(17)22)28(25,26)23-11-4-2-3-5-12-23/h7-9,13,15H,2-6,10-12,14,16H2,1H3,(H,21,24). The van der Waals surface area contributed by atoms with Gasteiger partial charge in [-0.3, -0.25) is 4.79 Å². The number of fused-ring (bicyclic) bond motifs is 1. The molecule has 3 rings (SSSR count). The summed E-state index contributed by atoms with van der Waals surface area (Å²) in [5.74, 6) is -0.0742. The minimum atomic E-state index is -3.48. The molecule has 154 valence electrons. The average Bonchev–Trinajstić information content (AvgIpc) is 2.89. The van der Waals surface area contributed by atoms with Gasteiger partial charge in [-0.15, -0.1) is 0 Å². The van der Waals surface area contributed by atoms with E-state index < -0.39 is 10.0 Å². The van der Waals surface area contributed by atoms with E-state index in [9.17, 15) is 13.2 Å². The molecule has 0 radical (unpaired) electrons. The van der Waals surface area contributed by atoms with Crippen LogP contribution < -0.4 is 5.32 Å². The highest BCUT2D eigenvalue weighted by molar-refractivity contribution is 7.89. The quantitative estimate of drug-likeness (QED) is 0.681.